The van der Waals surface area contributed by atoms with Crippen molar-refractivity contribution in [1.82, 2.24) is 5.32 Å². The Morgan fingerprint density at radius 2 is 1.88 bits per heavy atom. The summed E-state index contributed by atoms with van der Waals surface area (Å²) in [6.07, 6.45) is -0.0319. The second kappa shape index (κ2) is 8.07. The number of nitrogens with one attached hydrogen (secondary N) is 1. The average molecular weight is 380 g/mol. The molecule has 3 nitrogen and oxygen atoms in total. The van der Waals surface area contributed by atoms with Crippen LogP contribution in [0.1, 0.15) is 30.9 Å². The summed E-state index contributed by atoms with van der Waals surface area (Å²) < 4.78 is 11.9. The molecule has 0 spiro atoms. The Kier molecular flexibility index (Phi) is 6.03. The number of rotatable bonds is 6. The van der Waals surface area contributed by atoms with Crippen LogP contribution in [-0.2, 0) is 16.0 Å². The van der Waals surface area contributed by atoms with E-state index in [0.29, 0.717) is 16.7 Å². The van der Waals surface area contributed by atoms with E-state index in [4.69, 9.17) is 32.7 Å². The van der Waals surface area contributed by atoms with Crippen LogP contribution < -0.4 is 5.32 Å². The van der Waals surface area contributed by atoms with Crippen molar-refractivity contribution in [3.63, 3.8) is 0 Å². The Morgan fingerprint density at radius 3 is 2.52 bits per heavy atom. The van der Waals surface area contributed by atoms with Crippen LogP contribution in [0.15, 0.2) is 48.5 Å². The summed E-state index contributed by atoms with van der Waals surface area (Å²) in [5, 5.41) is 4.65. The minimum Gasteiger partial charge on any atom is -0.348 e. The van der Waals surface area contributed by atoms with E-state index in [1.54, 1.807) is 0 Å². The lowest BCUT2D eigenvalue weighted by Crippen LogP contribution is -2.32. The van der Waals surface area contributed by atoms with Gasteiger partial charge in [0.25, 0.3) is 0 Å². The number of ether oxygens (including phenoxy) is 2. The fourth-order valence-electron chi connectivity index (χ4n) is 3.09. The van der Waals surface area contributed by atoms with Gasteiger partial charge in [0, 0.05) is 19.0 Å². The second-order valence-electron chi connectivity index (χ2n) is 6.76. The molecule has 0 bridgehead atoms. The zero-order chi connectivity index (χ0) is 17.9. The van der Waals surface area contributed by atoms with Gasteiger partial charge in [0.15, 0.2) is 5.79 Å². The molecule has 134 valence electrons. The van der Waals surface area contributed by atoms with Gasteiger partial charge in [0.2, 0.25) is 0 Å². The molecule has 25 heavy (non-hydrogen) atoms. The van der Waals surface area contributed by atoms with Crippen LogP contribution in [-0.4, -0.2) is 25.0 Å². The number of halogens is 2. The summed E-state index contributed by atoms with van der Waals surface area (Å²) in [5.41, 5.74) is 2.35. The highest BCUT2D eigenvalue weighted by Crippen LogP contribution is 2.34. The van der Waals surface area contributed by atoms with E-state index in [1.807, 2.05) is 50.2 Å². The molecule has 5 heteroatoms. The van der Waals surface area contributed by atoms with E-state index in [0.717, 1.165) is 18.7 Å². The second-order valence-corrected chi connectivity index (χ2v) is 7.58. The third-order valence-electron chi connectivity index (χ3n) is 4.39. The van der Waals surface area contributed by atoms with Gasteiger partial charge in [-0.3, -0.25) is 0 Å². The first kappa shape index (κ1) is 18.7. The van der Waals surface area contributed by atoms with Crippen LogP contribution >= 0.6 is 23.2 Å². The standard InChI is InChI=1S/C20H23Cl2NO2/c1-20(2)24-13-19(25-20)16(15-8-9-17(21)18(22)10-15)12-23-11-14-6-4-3-5-7-14/h3-10,16,19,23H,11-13H2,1-2H3/t16-,19-/m1/s1. The van der Waals surface area contributed by atoms with Crippen LogP contribution in [0.4, 0.5) is 0 Å². The summed E-state index contributed by atoms with van der Waals surface area (Å²) in [4.78, 5) is 0. The molecule has 0 saturated carbocycles. The normalized spacial score (nSPS) is 20.6. The molecule has 0 radical (unpaired) electrons. The molecule has 2 atom stereocenters. The van der Waals surface area contributed by atoms with Gasteiger partial charge in [-0.25, -0.2) is 0 Å². The Morgan fingerprint density at radius 1 is 1.12 bits per heavy atom. The Hall–Kier alpha value is -1.10. The maximum Gasteiger partial charge on any atom is 0.163 e. The molecule has 1 saturated heterocycles. The fraction of sp³-hybridized carbons (Fsp3) is 0.400. The molecule has 0 aliphatic carbocycles. The van der Waals surface area contributed by atoms with E-state index in [2.05, 4.69) is 17.4 Å². The predicted octanol–water partition coefficient (Wildman–Crippen LogP) is 5.02. The highest BCUT2D eigenvalue weighted by molar-refractivity contribution is 6.42. The topological polar surface area (TPSA) is 30.5 Å². The highest BCUT2D eigenvalue weighted by atomic mass is 35.5. The number of hydrogen-bond donors (Lipinski definition) is 1. The molecule has 1 fully saturated rings. The highest BCUT2D eigenvalue weighted by Gasteiger charge is 2.37. The smallest absolute Gasteiger partial charge is 0.163 e. The molecular weight excluding hydrogens is 357 g/mol. The van der Waals surface area contributed by atoms with E-state index in [9.17, 15) is 0 Å². The van der Waals surface area contributed by atoms with Gasteiger partial charge in [-0.1, -0.05) is 59.6 Å². The van der Waals surface area contributed by atoms with Crippen molar-refractivity contribution >= 4 is 23.2 Å². The molecule has 2 aromatic rings. The monoisotopic (exact) mass is 379 g/mol. The maximum atomic E-state index is 6.23. The minimum absolute atomic E-state index is 0.0319. The first-order valence-electron chi connectivity index (χ1n) is 8.46. The molecule has 1 aliphatic rings. The van der Waals surface area contributed by atoms with Gasteiger partial charge in [0.05, 0.1) is 22.8 Å². The third-order valence-corrected chi connectivity index (χ3v) is 5.13. The summed E-state index contributed by atoms with van der Waals surface area (Å²) in [5.74, 6) is -0.432. The largest absolute Gasteiger partial charge is 0.348 e. The molecule has 3 rings (SSSR count). The zero-order valence-electron chi connectivity index (χ0n) is 14.5. The molecular formula is C20H23Cl2NO2. The average Bonchev–Trinajstić information content (AvgIpc) is 2.95. The number of benzene rings is 2. The van der Waals surface area contributed by atoms with Crippen molar-refractivity contribution < 1.29 is 9.47 Å². The minimum atomic E-state index is -0.557. The van der Waals surface area contributed by atoms with Crippen LogP contribution in [0.5, 0.6) is 0 Å². The van der Waals surface area contributed by atoms with Crippen molar-refractivity contribution in [2.75, 3.05) is 13.2 Å². The van der Waals surface area contributed by atoms with Crippen LogP contribution in [0.25, 0.3) is 0 Å². The Labute approximate surface area is 159 Å². The molecule has 1 aliphatic heterocycles. The lowest BCUT2D eigenvalue weighted by molar-refractivity contribution is -0.140. The van der Waals surface area contributed by atoms with Gasteiger partial charge in [0.1, 0.15) is 0 Å². The van der Waals surface area contributed by atoms with Crippen molar-refractivity contribution in [1.29, 1.82) is 0 Å². The SMILES string of the molecule is CC1(C)OC[C@H]([C@H](CNCc2ccccc2)c2ccc(Cl)c(Cl)c2)O1. The van der Waals surface area contributed by atoms with Crippen molar-refractivity contribution in [3.05, 3.63) is 69.7 Å². The quantitative estimate of drug-likeness (QED) is 0.764. The van der Waals surface area contributed by atoms with E-state index in [-0.39, 0.29) is 12.0 Å². The van der Waals surface area contributed by atoms with Crippen LogP contribution in [0, 0.1) is 0 Å². The molecule has 1 N–H and O–H groups in total. The van der Waals surface area contributed by atoms with Crippen molar-refractivity contribution in [2.24, 2.45) is 0 Å². The van der Waals surface area contributed by atoms with Crippen LogP contribution in [0.3, 0.4) is 0 Å². The fourth-order valence-corrected chi connectivity index (χ4v) is 3.40. The molecule has 2 aromatic carbocycles. The van der Waals surface area contributed by atoms with Gasteiger partial charge >= 0.3 is 0 Å². The summed E-state index contributed by atoms with van der Waals surface area (Å²) in [7, 11) is 0. The maximum absolute atomic E-state index is 6.23. The van der Waals surface area contributed by atoms with Crippen LogP contribution in [0.2, 0.25) is 10.0 Å². The van der Waals surface area contributed by atoms with Gasteiger partial charge in [-0.15, -0.1) is 0 Å². The van der Waals surface area contributed by atoms with Crippen molar-refractivity contribution in [3.8, 4) is 0 Å². The zero-order valence-corrected chi connectivity index (χ0v) is 16.0. The van der Waals surface area contributed by atoms with E-state index >= 15 is 0 Å². The lowest BCUT2D eigenvalue weighted by atomic mass is 9.93. The summed E-state index contributed by atoms with van der Waals surface area (Å²) in [6, 6.07) is 16.1. The number of hydrogen-bond acceptors (Lipinski definition) is 3. The Bertz CT molecular complexity index is 706. The van der Waals surface area contributed by atoms with Gasteiger partial charge < -0.3 is 14.8 Å². The molecule has 0 aromatic heterocycles. The van der Waals surface area contributed by atoms with E-state index in [1.165, 1.54) is 5.56 Å². The first-order chi connectivity index (χ1) is 11.9. The third kappa shape index (κ3) is 4.96. The lowest BCUT2D eigenvalue weighted by Gasteiger charge is -2.25. The molecule has 1 heterocycles. The predicted molar refractivity (Wildman–Crippen MR) is 102 cm³/mol. The molecule has 0 unspecified atom stereocenters. The van der Waals surface area contributed by atoms with Gasteiger partial charge in [-0.2, -0.15) is 0 Å². The molecule has 0 amide bonds. The van der Waals surface area contributed by atoms with Crippen molar-refractivity contribution in [2.45, 2.75) is 38.2 Å². The summed E-state index contributed by atoms with van der Waals surface area (Å²) in [6.45, 7) is 6.00. The van der Waals surface area contributed by atoms with Gasteiger partial charge in [-0.05, 0) is 37.1 Å². The Balaban J connectivity index is 1.73. The first-order valence-corrected chi connectivity index (χ1v) is 9.21. The van der Waals surface area contributed by atoms with E-state index < -0.39 is 5.79 Å². The summed E-state index contributed by atoms with van der Waals surface area (Å²) >= 11 is 12.3.